The number of nitrogens with zero attached hydrogens (tertiary/aromatic N) is 2. The Balaban J connectivity index is 2.11. The molecule has 0 aromatic carbocycles. The van der Waals surface area contributed by atoms with Gasteiger partial charge in [-0.2, -0.15) is 0 Å². The van der Waals surface area contributed by atoms with Gasteiger partial charge in [-0.1, -0.05) is 6.07 Å². The molecule has 2 rings (SSSR count). The molecular formula is C14H15N3O. The molecule has 2 aromatic heterocycles. The predicted octanol–water partition coefficient (Wildman–Crippen LogP) is 1.66. The first kappa shape index (κ1) is 12.2. The molecule has 92 valence electrons. The van der Waals surface area contributed by atoms with Crippen molar-refractivity contribution in [3.63, 3.8) is 0 Å². The van der Waals surface area contributed by atoms with Gasteiger partial charge in [0, 0.05) is 18.6 Å². The van der Waals surface area contributed by atoms with Crippen LogP contribution < -0.4 is 5.73 Å². The fraction of sp³-hybridized carbons (Fsp3) is 0.214. The Kier molecular flexibility index (Phi) is 3.67. The second kappa shape index (κ2) is 5.40. The number of hydrogen-bond acceptors (Lipinski definition) is 3. The fourth-order valence-corrected chi connectivity index (χ4v) is 1.68. The van der Waals surface area contributed by atoms with E-state index in [4.69, 9.17) is 5.73 Å². The van der Waals surface area contributed by atoms with Gasteiger partial charge in [0.1, 0.15) is 0 Å². The van der Waals surface area contributed by atoms with Crippen molar-refractivity contribution < 1.29 is 4.79 Å². The summed E-state index contributed by atoms with van der Waals surface area (Å²) in [5.41, 5.74) is 8.23. The highest BCUT2D eigenvalue weighted by Crippen LogP contribution is 2.14. The van der Waals surface area contributed by atoms with Crippen molar-refractivity contribution in [2.75, 3.05) is 0 Å². The highest BCUT2D eigenvalue weighted by atomic mass is 16.1. The third kappa shape index (κ3) is 2.91. The molecule has 1 amide bonds. The third-order valence-corrected chi connectivity index (χ3v) is 2.88. The van der Waals surface area contributed by atoms with Crippen molar-refractivity contribution in [3.8, 4) is 0 Å². The molecule has 0 radical (unpaired) electrons. The zero-order valence-corrected chi connectivity index (χ0v) is 10.2. The number of carbonyl (C=O) groups excluding carboxylic acids is 1. The first-order valence-electron chi connectivity index (χ1n) is 5.80. The smallest absolute Gasteiger partial charge is 0.226 e. The molecule has 0 spiro atoms. The summed E-state index contributed by atoms with van der Waals surface area (Å²) in [5, 5.41) is 0. The molecule has 4 heteroatoms. The number of carbonyl (C=O) groups is 1. The molecule has 1 unspecified atom stereocenters. The summed E-state index contributed by atoms with van der Waals surface area (Å²) < 4.78 is 0. The molecular weight excluding hydrogens is 226 g/mol. The summed E-state index contributed by atoms with van der Waals surface area (Å²) in [6, 6.07) is 7.77. The van der Waals surface area contributed by atoms with Gasteiger partial charge in [0.25, 0.3) is 0 Å². The van der Waals surface area contributed by atoms with Gasteiger partial charge in [0.15, 0.2) is 0 Å². The molecule has 0 aliphatic rings. The van der Waals surface area contributed by atoms with Crippen LogP contribution >= 0.6 is 0 Å². The van der Waals surface area contributed by atoms with E-state index in [1.54, 1.807) is 25.5 Å². The molecule has 4 nitrogen and oxygen atoms in total. The third-order valence-electron chi connectivity index (χ3n) is 2.88. The molecule has 2 N–H and O–H groups in total. The molecule has 2 heterocycles. The molecule has 2 aromatic rings. The van der Waals surface area contributed by atoms with Gasteiger partial charge in [-0.3, -0.25) is 14.8 Å². The second-order valence-electron chi connectivity index (χ2n) is 4.25. The van der Waals surface area contributed by atoms with E-state index in [2.05, 4.69) is 9.97 Å². The van der Waals surface area contributed by atoms with Crippen LogP contribution in [0.3, 0.4) is 0 Å². The minimum atomic E-state index is -0.357. The van der Waals surface area contributed by atoms with Crippen LogP contribution in [0.1, 0.15) is 29.7 Å². The fourth-order valence-electron chi connectivity index (χ4n) is 1.68. The van der Waals surface area contributed by atoms with Crippen LogP contribution in [0.4, 0.5) is 0 Å². The number of primary amides is 1. The van der Waals surface area contributed by atoms with Crippen LogP contribution in [0, 0.1) is 0 Å². The summed E-state index contributed by atoms with van der Waals surface area (Å²) in [7, 11) is 0. The van der Waals surface area contributed by atoms with Gasteiger partial charge in [-0.15, -0.1) is 0 Å². The summed E-state index contributed by atoms with van der Waals surface area (Å²) in [4.78, 5) is 19.3. The lowest BCUT2D eigenvalue weighted by Crippen LogP contribution is -2.19. The first-order chi connectivity index (χ1) is 8.66. The lowest BCUT2D eigenvalue weighted by Gasteiger charge is -2.07. The van der Waals surface area contributed by atoms with Crippen molar-refractivity contribution >= 4 is 5.91 Å². The van der Waals surface area contributed by atoms with Crippen LogP contribution in [-0.4, -0.2) is 15.9 Å². The maximum absolute atomic E-state index is 11.1. The second-order valence-corrected chi connectivity index (χ2v) is 4.25. The minimum Gasteiger partial charge on any atom is -0.369 e. The number of aromatic nitrogens is 2. The Bertz CT molecular complexity index is 522. The highest BCUT2D eigenvalue weighted by molar-refractivity contribution is 5.80. The molecule has 1 atom stereocenters. The quantitative estimate of drug-likeness (QED) is 0.885. The molecule has 18 heavy (non-hydrogen) atoms. The van der Waals surface area contributed by atoms with Crippen molar-refractivity contribution in [1.29, 1.82) is 0 Å². The van der Waals surface area contributed by atoms with E-state index >= 15 is 0 Å². The van der Waals surface area contributed by atoms with Crippen LogP contribution in [0.15, 0.2) is 42.9 Å². The summed E-state index contributed by atoms with van der Waals surface area (Å²) >= 11 is 0. The molecule has 0 saturated carbocycles. The monoisotopic (exact) mass is 241 g/mol. The van der Waals surface area contributed by atoms with E-state index in [0.717, 1.165) is 12.0 Å². The SMILES string of the molecule is CC(C(N)=O)c1ccc(Cc2ccncc2)cn1. The topological polar surface area (TPSA) is 68.9 Å². The van der Waals surface area contributed by atoms with E-state index in [0.29, 0.717) is 5.69 Å². The Labute approximate surface area is 106 Å². The molecule has 0 aliphatic carbocycles. The lowest BCUT2D eigenvalue weighted by molar-refractivity contribution is -0.119. The molecule has 0 fully saturated rings. The van der Waals surface area contributed by atoms with Crippen molar-refractivity contribution in [1.82, 2.24) is 9.97 Å². The van der Waals surface area contributed by atoms with Crippen molar-refractivity contribution in [2.24, 2.45) is 5.73 Å². The number of pyridine rings is 2. The van der Waals surface area contributed by atoms with Gasteiger partial charge >= 0.3 is 0 Å². The largest absolute Gasteiger partial charge is 0.369 e. The minimum absolute atomic E-state index is 0.347. The van der Waals surface area contributed by atoms with Crippen molar-refractivity contribution in [3.05, 3.63) is 59.7 Å². The maximum Gasteiger partial charge on any atom is 0.226 e. The van der Waals surface area contributed by atoms with Gasteiger partial charge in [0.05, 0.1) is 11.6 Å². The van der Waals surface area contributed by atoms with E-state index in [-0.39, 0.29) is 11.8 Å². The molecule has 0 aliphatic heterocycles. The number of nitrogens with two attached hydrogens (primary N) is 1. The van der Waals surface area contributed by atoms with Crippen molar-refractivity contribution in [2.45, 2.75) is 19.3 Å². The van der Waals surface area contributed by atoms with Crippen LogP contribution in [0.2, 0.25) is 0 Å². The predicted molar refractivity (Wildman–Crippen MR) is 68.9 cm³/mol. The van der Waals surface area contributed by atoms with Gasteiger partial charge in [-0.05, 0) is 42.7 Å². The van der Waals surface area contributed by atoms with Gasteiger partial charge in [0.2, 0.25) is 5.91 Å². The molecule has 0 bridgehead atoms. The Morgan fingerprint density at radius 1 is 1.22 bits per heavy atom. The van der Waals surface area contributed by atoms with E-state index < -0.39 is 0 Å². The Morgan fingerprint density at radius 2 is 1.94 bits per heavy atom. The van der Waals surface area contributed by atoms with E-state index in [1.165, 1.54) is 5.56 Å². The van der Waals surface area contributed by atoms with Crippen LogP contribution in [0.25, 0.3) is 0 Å². The zero-order chi connectivity index (χ0) is 13.0. The Hall–Kier alpha value is -2.23. The highest BCUT2D eigenvalue weighted by Gasteiger charge is 2.12. The van der Waals surface area contributed by atoms with E-state index in [1.807, 2.05) is 24.3 Å². The first-order valence-corrected chi connectivity index (χ1v) is 5.80. The number of hydrogen-bond donors (Lipinski definition) is 1. The van der Waals surface area contributed by atoms with Gasteiger partial charge in [-0.25, -0.2) is 0 Å². The summed E-state index contributed by atoms with van der Waals surface area (Å²) in [6.07, 6.45) is 6.13. The summed E-state index contributed by atoms with van der Waals surface area (Å²) in [6.45, 7) is 1.76. The Morgan fingerprint density at radius 3 is 2.50 bits per heavy atom. The standard InChI is InChI=1S/C14H15N3O/c1-10(14(15)18)13-3-2-12(9-17-13)8-11-4-6-16-7-5-11/h2-7,9-10H,8H2,1H3,(H2,15,18). The number of rotatable bonds is 4. The average Bonchev–Trinajstić information content (AvgIpc) is 2.40. The number of amides is 1. The normalized spacial score (nSPS) is 12.1. The van der Waals surface area contributed by atoms with E-state index in [9.17, 15) is 4.79 Å². The maximum atomic E-state index is 11.1. The van der Waals surface area contributed by atoms with Crippen LogP contribution in [0.5, 0.6) is 0 Å². The van der Waals surface area contributed by atoms with Crippen LogP contribution in [-0.2, 0) is 11.2 Å². The molecule has 0 saturated heterocycles. The zero-order valence-electron chi connectivity index (χ0n) is 10.2. The average molecular weight is 241 g/mol. The lowest BCUT2D eigenvalue weighted by atomic mass is 10.0. The van der Waals surface area contributed by atoms with Gasteiger partial charge < -0.3 is 5.73 Å². The summed E-state index contributed by atoms with van der Waals surface area (Å²) in [5.74, 6) is -0.704.